The van der Waals surface area contributed by atoms with Gasteiger partial charge >= 0.3 is 0 Å². The van der Waals surface area contributed by atoms with E-state index in [9.17, 15) is 19.2 Å². The zero-order valence-electron chi connectivity index (χ0n) is 16.4. The molecule has 1 spiro atoms. The Bertz CT molecular complexity index is 956. The number of rotatable bonds is 3. The van der Waals surface area contributed by atoms with Crippen molar-refractivity contribution in [1.29, 1.82) is 0 Å². The second-order valence-electron chi connectivity index (χ2n) is 8.89. The van der Waals surface area contributed by atoms with Crippen molar-refractivity contribution in [3.05, 3.63) is 28.2 Å². The van der Waals surface area contributed by atoms with Gasteiger partial charge in [0.15, 0.2) is 0 Å². The molecule has 0 aromatic heterocycles. The summed E-state index contributed by atoms with van der Waals surface area (Å²) in [6.07, 6.45) is 0.326. The van der Waals surface area contributed by atoms with Gasteiger partial charge in [-0.3, -0.25) is 29.4 Å². The van der Waals surface area contributed by atoms with Crippen LogP contribution in [0.3, 0.4) is 0 Å². The monoisotopic (exact) mass is 462 g/mol. The molecule has 1 aromatic rings. The second kappa shape index (κ2) is 6.37. The Morgan fingerprint density at radius 1 is 1.24 bits per heavy atom. The molecule has 9 heteroatoms. The minimum absolute atomic E-state index is 0.0565. The van der Waals surface area contributed by atoms with E-state index in [4.69, 9.17) is 5.73 Å². The Kier molecular flexibility index (Phi) is 4.40. The number of hydrogen-bond donors (Lipinski definition) is 3. The molecule has 0 unspecified atom stereocenters. The number of primary amides is 1. The highest BCUT2D eigenvalue weighted by molar-refractivity contribution is 9.10. The van der Waals surface area contributed by atoms with Gasteiger partial charge < -0.3 is 11.1 Å². The Morgan fingerprint density at radius 3 is 2.55 bits per heavy atom. The van der Waals surface area contributed by atoms with Crippen molar-refractivity contribution in [2.24, 2.45) is 17.6 Å². The number of anilines is 1. The third kappa shape index (κ3) is 2.74. The summed E-state index contributed by atoms with van der Waals surface area (Å²) in [5.74, 6) is -3.17. The van der Waals surface area contributed by atoms with E-state index in [1.807, 2.05) is 0 Å². The fourth-order valence-electron chi connectivity index (χ4n) is 4.98. The van der Waals surface area contributed by atoms with Gasteiger partial charge in [0, 0.05) is 33.7 Å². The first-order chi connectivity index (χ1) is 13.5. The highest BCUT2D eigenvalue weighted by Crippen LogP contribution is 2.54. The SMILES string of the molecule is CC(C)(C)N1C(=O)[C@@H]2[C@H](CCC(N)=O)N[C@]3(C(=O)Nc4ccc(Br)cc43)[C@@H]2C1=O. The number of benzene rings is 1. The number of imide groups is 1. The van der Waals surface area contributed by atoms with Crippen molar-refractivity contribution in [2.75, 3.05) is 5.32 Å². The summed E-state index contributed by atoms with van der Waals surface area (Å²) in [5.41, 5.74) is 4.47. The number of nitrogens with one attached hydrogen (secondary N) is 2. The number of halogens is 1. The summed E-state index contributed by atoms with van der Waals surface area (Å²) in [7, 11) is 0. The van der Waals surface area contributed by atoms with Crippen LogP contribution in [0.1, 0.15) is 39.2 Å². The van der Waals surface area contributed by atoms with Gasteiger partial charge in [0.05, 0.1) is 11.8 Å². The molecule has 1 aromatic carbocycles. The lowest BCUT2D eigenvalue weighted by atomic mass is 9.76. The quantitative estimate of drug-likeness (QED) is 0.583. The van der Waals surface area contributed by atoms with Crippen LogP contribution in [0, 0.1) is 11.8 Å². The second-order valence-corrected chi connectivity index (χ2v) is 9.81. The maximum atomic E-state index is 13.5. The van der Waals surface area contributed by atoms with Crippen LogP contribution in [0.5, 0.6) is 0 Å². The molecule has 0 aliphatic carbocycles. The molecule has 4 N–H and O–H groups in total. The molecule has 3 aliphatic rings. The van der Waals surface area contributed by atoms with E-state index in [1.165, 1.54) is 4.90 Å². The fourth-order valence-corrected chi connectivity index (χ4v) is 5.34. The standard InChI is InChI=1S/C20H23BrN4O4/c1-19(2,3)25-16(27)14-12(6-7-13(22)26)24-20(15(14)17(25)28)10-8-9(21)4-5-11(10)23-18(20)29/h4-5,8,12,14-15,24H,6-7H2,1-3H3,(H2,22,26)(H,23,29)/t12-,14+,15-,20-/m0/s1. The van der Waals surface area contributed by atoms with Crippen LogP contribution < -0.4 is 16.4 Å². The Labute approximate surface area is 176 Å². The number of carbonyl (C=O) groups excluding carboxylic acids is 4. The smallest absolute Gasteiger partial charge is 0.250 e. The van der Waals surface area contributed by atoms with E-state index >= 15 is 0 Å². The van der Waals surface area contributed by atoms with Gasteiger partial charge in [-0.25, -0.2) is 0 Å². The Hall–Kier alpha value is -2.26. The van der Waals surface area contributed by atoms with Crippen molar-refractivity contribution >= 4 is 45.2 Å². The van der Waals surface area contributed by atoms with Crippen LogP contribution in [0.25, 0.3) is 0 Å². The number of amides is 4. The van der Waals surface area contributed by atoms with Gasteiger partial charge in [-0.2, -0.15) is 0 Å². The Morgan fingerprint density at radius 2 is 1.93 bits per heavy atom. The summed E-state index contributed by atoms with van der Waals surface area (Å²) in [6.45, 7) is 5.38. The molecular formula is C20H23BrN4O4. The maximum absolute atomic E-state index is 13.5. The number of carbonyl (C=O) groups is 4. The molecule has 154 valence electrons. The number of nitrogens with two attached hydrogens (primary N) is 1. The zero-order chi connectivity index (χ0) is 21.3. The van der Waals surface area contributed by atoms with Crippen molar-refractivity contribution in [2.45, 2.75) is 50.7 Å². The molecule has 4 amide bonds. The highest BCUT2D eigenvalue weighted by atomic mass is 79.9. The van der Waals surface area contributed by atoms with Gasteiger partial charge in [-0.05, 0) is 45.4 Å². The van der Waals surface area contributed by atoms with Crippen LogP contribution in [-0.2, 0) is 24.7 Å². The Balaban J connectivity index is 1.88. The fraction of sp³-hybridized carbons (Fsp3) is 0.500. The predicted octanol–water partition coefficient (Wildman–Crippen LogP) is 1.23. The molecule has 0 radical (unpaired) electrons. The molecule has 4 atom stereocenters. The summed E-state index contributed by atoms with van der Waals surface area (Å²) in [4.78, 5) is 52.7. The predicted molar refractivity (Wildman–Crippen MR) is 108 cm³/mol. The largest absolute Gasteiger partial charge is 0.370 e. The first kappa shape index (κ1) is 20.0. The molecule has 3 heterocycles. The van der Waals surface area contributed by atoms with Crippen LogP contribution in [-0.4, -0.2) is 40.1 Å². The lowest BCUT2D eigenvalue weighted by molar-refractivity contribution is -0.148. The van der Waals surface area contributed by atoms with Crippen LogP contribution in [0.4, 0.5) is 5.69 Å². The first-order valence-electron chi connectivity index (χ1n) is 9.54. The minimum Gasteiger partial charge on any atom is -0.370 e. The van der Waals surface area contributed by atoms with E-state index < -0.39 is 34.9 Å². The number of likely N-dealkylation sites (tertiary alicyclic amines) is 1. The van der Waals surface area contributed by atoms with E-state index in [0.717, 1.165) is 4.47 Å². The van der Waals surface area contributed by atoms with Gasteiger partial charge in [0.25, 0.3) is 0 Å². The first-order valence-corrected chi connectivity index (χ1v) is 10.3. The third-order valence-corrected chi connectivity index (χ3v) is 6.54. The molecule has 2 fully saturated rings. The number of hydrogen-bond acceptors (Lipinski definition) is 5. The molecule has 0 bridgehead atoms. The summed E-state index contributed by atoms with van der Waals surface area (Å²) < 4.78 is 0.760. The van der Waals surface area contributed by atoms with Crippen LogP contribution in [0.15, 0.2) is 22.7 Å². The van der Waals surface area contributed by atoms with Crippen molar-refractivity contribution < 1.29 is 19.2 Å². The van der Waals surface area contributed by atoms with E-state index in [1.54, 1.807) is 39.0 Å². The average molecular weight is 463 g/mol. The zero-order valence-corrected chi connectivity index (χ0v) is 18.0. The van der Waals surface area contributed by atoms with Crippen LogP contribution in [0.2, 0.25) is 0 Å². The third-order valence-electron chi connectivity index (χ3n) is 6.05. The normalized spacial score (nSPS) is 30.7. The molecule has 3 aliphatic heterocycles. The highest BCUT2D eigenvalue weighted by Gasteiger charge is 2.71. The molecule has 2 saturated heterocycles. The summed E-state index contributed by atoms with van der Waals surface area (Å²) >= 11 is 3.43. The van der Waals surface area contributed by atoms with Crippen LogP contribution >= 0.6 is 15.9 Å². The maximum Gasteiger partial charge on any atom is 0.250 e. The van der Waals surface area contributed by atoms with Gasteiger partial charge in [0.1, 0.15) is 5.54 Å². The molecule has 4 rings (SSSR count). The van der Waals surface area contributed by atoms with Gasteiger partial charge in [-0.15, -0.1) is 0 Å². The molecular weight excluding hydrogens is 440 g/mol. The number of nitrogens with zero attached hydrogens (tertiary/aromatic N) is 1. The lowest BCUT2D eigenvalue weighted by Gasteiger charge is -2.34. The number of fused-ring (bicyclic) bond motifs is 4. The van der Waals surface area contributed by atoms with E-state index in [-0.39, 0.29) is 30.6 Å². The van der Waals surface area contributed by atoms with Gasteiger partial charge in [-0.1, -0.05) is 15.9 Å². The minimum atomic E-state index is -1.36. The topological polar surface area (TPSA) is 122 Å². The molecule has 0 saturated carbocycles. The average Bonchev–Trinajstić information content (AvgIpc) is 3.18. The van der Waals surface area contributed by atoms with E-state index in [2.05, 4.69) is 26.6 Å². The molecule has 29 heavy (non-hydrogen) atoms. The van der Waals surface area contributed by atoms with Crippen molar-refractivity contribution in [3.8, 4) is 0 Å². The van der Waals surface area contributed by atoms with E-state index in [0.29, 0.717) is 11.3 Å². The van der Waals surface area contributed by atoms with Crippen molar-refractivity contribution in [3.63, 3.8) is 0 Å². The molecule has 8 nitrogen and oxygen atoms in total. The summed E-state index contributed by atoms with van der Waals surface area (Å²) in [6, 6.07) is 4.85. The summed E-state index contributed by atoms with van der Waals surface area (Å²) in [5, 5.41) is 6.13. The van der Waals surface area contributed by atoms with Crippen molar-refractivity contribution in [1.82, 2.24) is 10.2 Å². The van der Waals surface area contributed by atoms with Gasteiger partial charge in [0.2, 0.25) is 23.6 Å². The lowest BCUT2D eigenvalue weighted by Crippen LogP contribution is -2.55.